The van der Waals surface area contributed by atoms with Crippen LogP contribution >= 0.6 is 18.8 Å². The van der Waals surface area contributed by atoms with E-state index in [9.17, 15) is 0 Å². The zero-order valence-electron chi connectivity index (χ0n) is 9.41. The Balaban J connectivity index is 0. The molecule has 0 aliphatic rings. The van der Waals surface area contributed by atoms with Crippen LogP contribution in [-0.2, 0) is 16.5 Å². The Morgan fingerprint density at radius 2 is 1.67 bits per heavy atom. The molecule has 0 atom stereocenters. The molecule has 0 aliphatic heterocycles. The molecule has 1 aromatic rings. The molecule has 92 valence electrons. The summed E-state index contributed by atoms with van der Waals surface area (Å²) in [5.74, 6) is 0. The van der Waals surface area contributed by atoms with Crippen molar-refractivity contribution in [2.75, 3.05) is 0 Å². The van der Waals surface area contributed by atoms with Crippen molar-refractivity contribution in [3.8, 4) is 0 Å². The molecule has 1 heterocycles. The van der Waals surface area contributed by atoms with Crippen molar-refractivity contribution in [2.45, 2.75) is 33.2 Å². The molecule has 0 unspecified atom stereocenters. The molecule has 2 nitrogen and oxygen atoms in total. The van der Waals surface area contributed by atoms with Gasteiger partial charge in [-0.15, -0.1) is 0 Å². The van der Waals surface area contributed by atoms with Crippen LogP contribution in [0.15, 0.2) is 24.4 Å². The van der Waals surface area contributed by atoms with Gasteiger partial charge in [-0.3, -0.25) is 4.98 Å². The third-order valence-electron chi connectivity index (χ3n) is 0.813. The van der Waals surface area contributed by atoms with E-state index in [4.69, 9.17) is 24.6 Å². The van der Waals surface area contributed by atoms with Gasteiger partial charge in [0, 0.05) is 17.4 Å². The molecule has 0 spiro atoms. The number of halogens is 2. The third-order valence-corrected chi connectivity index (χ3v) is 0.813. The van der Waals surface area contributed by atoms with E-state index in [0.717, 1.165) is 5.69 Å². The molecule has 0 aliphatic carbocycles. The number of hydrogen-bond acceptors (Lipinski definition) is 2. The predicted octanol–water partition coefficient (Wildman–Crippen LogP) is 3.51. The van der Waals surface area contributed by atoms with Gasteiger partial charge in [0.1, 0.15) is 0 Å². The standard InChI is InChI=1S/C6H7N.C4H11N.2ClH.Pt/c1-6-4-2-3-5-7-6;1-4(2,3)5;;;/h2-5H,1H3;5H2,1-3H3;2*1H;/q;;;;+2/p-2. The van der Waals surface area contributed by atoms with Crippen LogP contribution in [0.3, 0.4) is 0 Å². The Hall–Kier alpha value is 0.378. The van der Waals surface area contributed by atoms with Crippen LogP contribution < -0.4 is 5.73 Å². The average Bonchev–Trinajstić information content (AvgIpc) is 2.03. The molecule has 1 rings (SSSR count). The van der Waals surface area contributed by atoms with Crippen LogP contribution in [0.5, 0.6) is 0 Å². The zero-order chi connectivity index (χ0) is 12.3. The van der Waals surface area contributed by atoms with Crippen LogP contribution in [0.25, 0.3) is 0 Å². The second kappa shape index (κ2) is 10.9. The summed E-state index contributed by atoms with van der Waals surface area (Å²) in [5, 5.41) is 0. The first-order valence-corrected chi connectivity index (χ1v) is 9.93. The molecule has 0 saturated heterocycles. The number of hydrogen-bond donors (Lipinski definition) is 1. The summed E-state index contributed by atoms with van der Waals surface area (Å²) >= 11 is -0.472. The second-order valence-electron chi connectivity index (χ2n) is 3.88. The zero-order valence-corrected chi connectivity index (χ0v) is 13.2. The molecule has 0 radical (unpaired) electrons. The minimum atomic E-state index is -0.472. The summed E-state index contributed by atoms with van der Waals surface area (Å²) < 4.78 is 0. The Kier molecular flexibility index (Phi) is 12.9. The van der Waals surface area contributed by atoms with Gasteiger partial charge in [0.05, 0.1) is 0 Å². The molecule has 0 bridgehead atoms. The van der Waals surface area contributed by atoms with Gasteiger partial charge in [0.15, 0.2) is 0 Å². The van der Waals surface area contributed by atoms with Gasteiger partial charge in [0.2, 0.25) is 0 Å². The SMILES string of the molecule is CC(C)(C)N.Cc1ccccn1.[Cl][Pt][Cl]. The Bertz CT molecular complexity index is 219. The minimum absolute atomic E-state index is 0. The number of aromatic nitrogens is 1. The van der Waals surface area contributed by atoms with Crippen molar-refractivity contribution in [1.29, 1.82) is 0 Å². The van der Waals surface area contributed by atoms with E-state index in [-0.39, 0.29) is 5.54 Å². The number of pyridine rings is 1. The molecule has 5 heteroatoms. The van der Waals surface area contributed by atoms with Crippen molar-refractivity contribution >= 4 is 18.8 Å². The van der Waals surface area contributed by atoms with Gasteiger partial charge < -0.3 is 5.73 Å². The Morgan fingerprint density at radius 3 is 1.80 bits per heavy atom. The van der Waals surface area contributed by atoms with E-state index in [1.807, 2.05) is 45.9 Å². The van der Waals surface area contributed by atoms with Crippen LogP contribution in [0, 0.1) is 6.92 Å². The predicted molar refractivity (Wildman–Crippen MR) is 64.6 cm³/mol. The van der Waals surface area contributed by atoms with Crippen LogP contribution in [-0.4, -0.2) is 10.5 Å². The van der Waals surface area contributed by atoms with Crippen molar-refractivity contribution in [2.24, 2.45) is 5.73 Å². The van der Waals surface area contributed by atoms with Gasteiger partial charge in [-0.05, 0) is 39.8 Å². The Labute approximate surface area is 109 Å². The van der Waals surface area contributed by atoms with E-state index >= 15 is 0 Å². The molecule has 0 fully saturated rings. The van der Waals surface area contributed by atoms with Gasteiger partial charge in [-0.25, -0.2) is 0 Å². The maximum absolute atomic E-state index is 5.35. The summed E-state index contributed by atoms with van der Waals surface area (Å²) in [6.07, 6.45) is 1.79. The third kappa shape index (κ3) is 31.4. The fourth-order valence-electron chi connectivity index (χ4n) is 0.448. The molecular formula is C10H18Cl2N2Pt. The fourth-order valence-corrected chi connectivity index (χ4v) is 0.448. The summed E-state index contributed by atoms with van der Waals surface area (Å²) in [6.45, 7) is 7.87. The van der Waals surface area contributed by atoms with Gasteiger partial charge in [-0.2, -0.15) is 0 Å². The van der Waals surface area contributed by atoms with Gasteiger partial charge >= 0.3 is 35.3 Å². The van der Waals surface area contributed by atoms with Crippen LogP contribution in [0.1, 0.15) is 26.5 Å². The Morgan fingerprint density at radius 1 is 1.27 bits per heavy atom. The normalized spacial score (nSPS) is 9.53. The maximum atomic E-state index is 5.35. The van der Waals surface area contributed by atoms with Gasteiger partial charge in [-0.1, -0.05) is 6.07 Å². The first-order valence-electron chi connectivity index (χ1n) is 4.30. The number of nitrogens with zero attached hydrogens (tertiary/aromatic N) is 1. The number of rotatable bonds is 0. The van der Waals surface area contributed by atoms with Gasteiger partial charge in [0.25, 0.3) is 0 Å². The fraction of sp³-hybridized carbons (Fsp3) is 0.500. The quantitative estimate of drug-likeness (QED) is 0.682. The molecule has 2 N–H and O–H groups in total. The monoisotopic (exact) mass is 431 g/mol. The van der Waals surface area contributed by atoms with Crippen molar-refractivity contribution < 1.29 is 16.5 Å². The van der Waals surface area contributed by atoms with Crippen LogP contribution in [0.2, 0.25) is 0 Å². The molecule has 15 heavy (non-hydrogen) atoms. The summed E-state index contributed by atoms with van der Waals surface area (Å²) in [4.78, 5) is 3.98. The molecule has 0 aromatic carbocycles. The average molecular weight is 432 g/mol. The van der Waals surface area contributed by atoms with Crippen molar-refractivity contribution in [3.05, 3.63) is 30.1 Å². The van der Waals surface area contributed by atoms with Crippen LogP contribution in [0.4, 0.5) is 0 Å². The molecule has 0 saturated carbocycles. The second-order valence-corrected chi connectivity index (χ2v) is 7.17. The molecule has 0 amide bonds. The summed E-state index contributed by atoms with van der Waals surface area (Å²) in [6, 6.07) is 5.86. The summed E-state index contributed by atoms with van der Waals surface area (Å²) in [5.41, 5.74) is 6.43. The van der Waals surface area contributed by atoms with E-state index in [1.54, 1.807) is 6.20 Å². The molecule has 1 aromatic heterocycles. The summed E-state index contributed by atoms with van der Waals surface area (Å²) in [7, 11) is 9.75. The first-order chi connectivity index (χ1) is 6.81. The number of nitrogens with two attached hydrogens (primary N) is 1. The topological polar surface area (TPSA) is 38.9 Å². The van der Waals surface area contributed by atoms with E-state index in [0.29, 0.717) is 0 Å². The van der Waals surface area contributed by atoms with E-state index in [2.05, 4.69) is 4.98 Å². The molecular weight excluding hydrogens is 414 g/mol. The first kappa shape index (κ1) is 17.8. The van der Waals surface area contributed by atoms with Crippen molar-refractivity contribution in [1.82, 2.24) is 4.98 Å². The van der Waals surface area contributed by atoms with E-state index < -0.39 is 16.5 Å². The van der Waals surface area contributed by atoms with E-state index in [1.165, 1.54) is 0 Å². The van der Waals surface area contributed by atoms with Crippen molar-refractivity contribution in [3.63, 3.8) is 0 Å². The number of aryl methyl sites for hydroxylation is 1.